The van der Waals surface area contributed by atoms with E-state index in [-0.39, 0.29) is 5.60 Å². The molecule has 5 rings (SSSR count). The zero-order chi connectivity index (χ0) is 25.1. The smallest absolute Gasteiger partial charge is 0.225 e. The molecule has 0 aliphatic carbocycles. The monoisotopic (exact) mass is 508 g/mol. The van der Waals surface area contributed by atoms with Crippen molar-refractivity contribution in [3.63, 3.8) is 0 Å². The minimum Gasteiger partial charge on any atom is -0.487 e. The lowest BCUT2D eigenvalue weighted by atomic mass is 9.79. The maximum absolute atomic E-state index is 12.3. The molecule has 194 valence electrons. The van der Waals surface area contributed by atoms with Crippen molar-refractivity contribution in [1.29, 1.82) is 0 Å². The van der Waals surface area contributed by atoms with Crippen LogP contribution < -0.4 is 9.64 Å². The van der Waals surface area contributed by atoms with Crippen LogP contribution in [-0.4, -0.2) is 56.0 Å². The number of hydrogen-bond acceptors (Lipinski definition) is 5. The Labute approximate surface area is 218 Å². The fourth-order valence-electron chi connectivity index (χ4n) is 5.93. The number of nitrogens with zero attached hydrogens (tertiary/aromatic N) is 4. The lowest BCUT2D eigenvalue weighted by Gasteiger charge is -2.40. The Morgan fingerprint density at radius 3 is 2.56 bits per heavy atom. The average Bonchev–Trinajstić information content (AvgIpc) is 3.26. The van der Waals surface area contributed by atoms with Crippen molar-refractivity contribution in [1.82, 2.24) is 14.3 Å². The third-order valence-corrected chi connectivity index (χ3v) is 9.69. The summed E-state index contributed by atoms with van der Waals surface area (Å²) in [5, 5.41) is 0. The second kappa shape index (κ2) is 11.0. The van der Waals surface area contributed by atoms with Gasteiger partial charge in [-0.05, 0) is 73.4 Å². The van der Waals surface area contributed by atoms with Crippen molar-refractivity contribution < 1.29 is 8.95 Å². The number of hydrogen-bond donors (Lipinski definition) is 0. The number of benzene rings is 1. The SMILES string of the molecule is CCCc1cnc(N2CCC(C3(C)Cc4cc(C5=CCN(S(=O)CCC)CC5)ccc4O3)CC2)nc1. The highest BCUT2D eigenvalue weighted by Gasteiger charge is 2.43. The molecule has 4 heterocycles. The van der Waals surface area contributed by atoms with E-state index in [2.05, 4.69) is 64.2 Å². The summed E-state index contributed by atoms with van der Waals surface area (Å²) in [5.41, 5.74) is 5.04. The molecule has 36 heavy (non-hydrogen) atoms. The van der Waals surface area contributed by atoms with Crippen molar-refractivity contribution in [2.24, 2.45) is 5.92 Å². The average molecular weight is 509 g/mol. The molecule has 1 saturated heterocycles. The minimum atomic E-state index is -0.851. The molecule has 0 bridgehead atoms. The number of aromatic nitrogens is 2. The summed E-state index contributed by atoms with van der Waals surface area (Å²) in [6, 6.07) is 6.71. The fraction of sp³-hybridized carbons (Fsp3) is 0.586. The third-order valence-electron chi connectivity index (χ3n) is 8.03. The van der Waals surface area contributed by atoms with Gasteiger partial charge in [-0.15, -0.1) is 0 Å². The number of aryl methyl sites for hydroxylation is 1. The van der Waals surface area contributed by atoms with Crippen molar-refractivity contribution in [3.8, 4) is 5.75 Å². The van der Waals surface area contributed by atoms with Crippen molar-refractivity contribution in [2.75, 3.05) is 36.8 Å². The second-order valence-corrected chi connectivity index (χ2v) is 12.3. The molecule has 6 nitrogen and oxygen atoms in total. The molecule has 3 aliphatic rings. The van der Waals surface area contributed by atoms with Crippen LogP contribution in [-0.2, 0) is 23.8 Å². The van der Waals surface area contributed by atoms with Crippen LogP contribution >= 0.6 is 0 Å². The first kappa shape index (κ1) is 25.4. The molecule has 2 unspecified atom stereocenters. The molecule has 2 atom stereocenters. The highest BCUT2D eigenvalue weighted by Crippen LogP contribution is 2.44. The summed E-state index contributed by atoms with van der Waals surface area (Å²) in [5.74, 6) is 3.17. The van der Waals surface area contributed by atoms with Gasteiger partial charge in [0.25, 0.3) is 0 Å². The van der Waals surface area contributed by atoms with Gasteiger partial charge in [-0.1, -0.05) is 32.4 Å². The van der Waals surface area contributed by atoms with E-state index in [9.17, 15) is 4.21 Å². The predicted molar refractivity (Wildman–Crippen MR) is 148 cm³/mol. The molecule has 0 amide bonds. The largest absolute Gasteiger partial charge is 0.487 e. The molecule has 0 saturated carbocycles. The number of piperidine rings is 1. The fourth-order valence-corrected chi connectivity index (χ4v) is 7.07. The van der Waals surface area contributed by atoms with Gasteiger partial charge in [-0.25, -0.2) is 18.5 Å². The van der Waals surface area contributed by atoms with Crippen LogP contribution in [0.4, 0.5) is 5.95 Å². The number of fused-ring (bicyclic) bond motifs is 1. The summed E-state index contributed by atoms with van der Waals surface area (Å²) in [7, 11) is -0.851. The van der Waals surface area contributed by atoms with E-state index >= 15 is 0 Å². The van der Waals surface area contributed by atoms with Crippen molar-refractivity contribution in [2.45, 2.75) is 71.3 Å². The van der Waals surface area contributed by atoms with Gasteiger partial charge < -0.3 is 9.64 Å². The second-order valence-electron chi connectivity index (χ2n) is 10.7. The van der Waals surface area contributed by atoms with Crippen LogP contribution in [0.2, 0.25) is 0 Å². The van der Waals surface area contributed by atoms with Crippen LogP contribution in [0.5, 0.6) is 5.75 Å². The van der Waals surface area contributed by atoms with Gasteiger partial charge in [-0.2, -0.15) is 0 Å². The van der Waals surface area contributed by atoms with Crippen LogP contribution in [0.3, 0.4) is 0 Å². The van der Waals surface area contributed by atoms with E-state index in [1.807, 2.05) is 12.4 Å². The van der Waals surface area contributed by atoms with E-state index in [1.54, 1.807) is 0 Å². The van der Waals surface area contributed by atoms with Crippen LogP contribution in [0.25, 0.3) is 5.57 Å². The molecular weight excluding hydrogens is 468 g/mol. The Morgan fingerprint density at radius 1 is 1.11 bits per heavy atom. The van der Waals surface area contributed by atoms with Crippen LogP contribution in [0.15, 0.2) is 36.7 Å². The first-order valence-corrected chi connectivity index (χ1v) is 15.0. The lowest BCUT2D eigenvalue weighted by Crippen LogP contribution is -2.46. The first-order valence-electron chi connectivity index (χ1n) is 13.7. The van der Waals surface area contributed by atoms with Crippen molar-refractivity contribution >= 4 is 22.5 Å². The molecule has 1 aromatic carbocycles. The number of anilines is 1. The van der Waals surface area contributed by atoms with E-state index in [0.29, 0.717) is 5.92 Å². The zero-order valence-electron chi connectivity index (χ0n) is 22.0. The minimum absolute atomic E-state index is 0.159. The van der Waals surface area contributed by atoms with Gasteiger partial charge in [0.2, 0.25) is 5.95 Å². The van der Waals surface area contributed by atoms with E-state index in [1.165, 1.54) is 22.3 Å². The molecule has 1 aromatic heterocycles. The normalized spacial score (nSPS) is 23.8. The summed E-state index contributed by atoms with van der Waals surface area (Å²) in [6.45, 7) is 10.2. The Hall–Kier alpha value is -2.25. The summed E-state index contributed by atoms with van der Waals surface area (Å²) in [6.07, 6.45) is 13.4. The standard InChI is InChI=1S/C29H40N4O2S/c1-4-6-22-20-30-28(31-21-22)32-13-11-26(12-14-32)29(3)19-25-18-24(7-8-27(25)35-29)23-9-15-33(16-10-23)36(34)17-5-2/h7-9,18,20-21,26H,4-6,10-17,19H2,1-3H3. The third kappa shape index (κ3) is 5.37. The van der Waals surface area contributed by atoms with Gasteiger partial charge in [0.15, 0.2) is 0 Å². The molecule has 1 fully saturated rings. The molecule has 2 aromatic rings. The summed E-state index contributed by atoms with van der Waals surface area (Å²) >= 11 is 0. The Balaban J connectivity index is 1.20. The predicted octanol–water partition coefficient (Wildman–Crippen LogP) is 5.20. The summed E-state index contributed by atoms with van der Waals surface area (Å²) in [4.78, 5) is 11.6. The Bertz CT molecular complexity index is 1110. The first-order chi connectivity index (χ1) is 17.5. The molecule has 7 heteroatoms. The van der Waals surface area contributed by atoms with Crippen LogP contribution in [0, 0.1) is 5.92 Å². The van der Waals surface area contributed by atoms with E-state index in [0.717, 1.165) is 88.6 Å². The lowest BCUT2D eigenvalue weighted by molar-refractivity contribution is 0.0349. The van der Waals surface area contributed by atoms with Gasteiger partial charge in [-0.3, -0.25) is 0 Å². The Kier molecular flexibility index (Phi) is 7.77. The van der Waals surface area contributed by atoms with Gasteiger partial charge >= 0.3 is 0 Å². The van der Waals surface area contributed by atoms with Crippen LogP contribution in [0.1, 0.15) is 69.6 Å². The quantitative estimate of drug-likeness (QED) is 0.490. The molecule has 0 N–H and O–H groups in total. The van der Waals surface area contributed by atoms with E-state index in [4.69, 9.17) is 4.74 Å². The molecular formula is C29H40N4O2S. The Morgan fingerprint density at radius 2 is 1.89 bits per heavy atom. The molecule has 0 radical (unpaired) electrons. The van der Waals surface area contributed by atoms with Gasteiger partial charge in [0.1, 0.15) is 11.4 Å². The summed E-state index contributed by atoms with van der Waals surface area (Å²) < 4.78 is 21.0. The number of ether oxygens (including phenoxy) is 1. The topological polar surface area (TPSA) is 58.6 Å². The molecule has 3 aliphatic heterocycles. The zero-order valence-corrected chi connectivity index (χ0v) is 22.9. The number of rotatable bonds is 8. The maximum Gasteiger partial charge on any atom is 0.225 e. The van der Waals surface area contributed by atoms with Gasteiger partial charge in [0, 0.05) is 56.7 Å². The van der Waals surface area contributed by atoms with Crippen molar-refractivity contribution in [3.05, 3.63) is 53.4 Å². The molecule has 0 spiro atoms. The van der Waals surface area contributed by atoms with E-state index < -0.39 is 11.0 Å². The highest BCUT2D eigenvalue weighted by atomic mass is 32.2. The highest BCUT2D eigenvalue weighted by molar-refractivity contribution is 7.82. The van der Waals surface area contributed by atoms with Gasteiger partial charge in [0.05, 0.1) is 11.0 Å². The maximum atomic E-state index is 12.3.